The molecule has 33 heavy (non-hydrogen) atoms. The van der Waals surface area contributed by atoms with Gasteiger partial charge in [0.2, 0.25) is 5.91 Å². The molecule has 7 heteroatoms. The molecule has 0 atom stereocenters. The smallest absolute Gasteiger partial charge is 0.302 e. The predicted molar refractivity (Wildman–Crippen MR) is 127 cm³/mol. The van der Waals surface area contributed by atoms with E-state index >= 15 is 0 Å². The number of carbonyl (C=O) groups excluding carboxylic acids is 2. The summed E-state index contributed by atoms with van der Waals surface area (Å²) in [6.07, 6.45) is 10.1. The SMILES string of the molecule is CC[N+]1(Cc2ccc(OC)cc2)CCN(C(=O)/C=C/CCCCCCCOC(C)=O)CC1.[Cl-]. The normalized spacial score (nSPS) is 15.2. The number of amides is 1. The summed E-state index contributed by atoms with van der Waals surface area (Å²) >= 11 is 0. The van der Waals surface area contributed by atoms with E-state index in [4.69, 9.17) is 9.47 Å². The zero-order valence-electron chi connectivity index (χ0n) is 20.6. The Bertz CT molecular complexity index is 728. The van der Waals surface area contributed by atoms with Gasteiger partial charge >= 0.3 is 5.97 Å². The maximum Gasteiger partial charge on any atom is 0.302 e. The summed E-state index contributed by atoms with van der Waals surface area (Å²) in [5.74, 6) is 0.827. The molecule has 1 heterocycles. The van der Waals surface area contributed by atoms with E-state index in [0.29, 0.717) is 6.61 Å². The Hall–Kier alpha value is -2.05. The number of piperazine rings is 1. The summed E-state index contributed by atoms with van der Waals surface area (Å²) in [6, 6.07) is 8.34. The van der Waals surface area contributed by atoms with Gasteiger partial charge < -0.3 is 31.3 Å². The lowest BCUT2D eigenvalue weighted by atomic mass is 10.1. The maximum atomic E-state index is 12.6. The molecule has 1 amide bonds. The van der Waals surface area contributed by atoms with Crippen LogP contribution in [0.25, 0.3) is 0 Å². The van der Waals surface area contributed by atoms with Crippen molar-refractivity contribution in [1.82, 2.24) is 4.90 Å². The molecule has 0 aromatic heterocycles. The molecular weight excluding hydrogens is 440 g/mol. The van der Waals surface area contributed by atoms with Gasteiger partial charge in [-0.05, 0) is 56.5 Å². The van der Waals surface area contributed by atoms with Crippen molar-refractivity contribution in [2.45, 2.75) is 58.9 Å². The van der Waals surface area contributed by atoms with E-state index in [1.54, 1.807) is 13.2 Å². The molecule has 6 nitrogen and oxygen atoms in total. The third-order valence-corrected chi connectivity index (χ3v) is 6.43. The van der Waals surface area contributed by atoms with E-state index in [-0.39, 0.29) is 24.3 Å². The second-order valence-corrected chi connectivity index (χ2v) is 8.74. The molecule has 1 aliphatic heterocycles. The lowest BCUT2D eigenvalue weighted by molar-refractivity contribution is -0.942. The molecule has 0 bridgehead atoms. The quantitative estimate of drug-likeness (QED) is 0.185. The highest BCUT2D eigenvalue weighted by Crippen LogP contribution is 2.20. The standard InChI is InChI=1S/C26H41N2O4.ClH/c1-4-28(22-24-13-15-25(31-3)16-14-24)19-17-27(18-20-28)26(30)12-10-8-6-5-7-9-11-21-32-23(2)29;/h10,12-16H,4-9,11,17-22H2,1-3H3;1H/q+1;/p-1/b12-10+;. The zero-order chi connectivity index (χ0) is 23.2. The molecule has 0 aliphatic carbocycles. The Morgan fingerprint density at radius 3 is 2.27 bits per heavy atom. The minimum Gasteiger partial charge on any atom is -1.00 e. The molecule has 1 aromatic carbocycles. The highest BCUT2D eigenvalue weighted by Gasteiger charge is 2.32. The molecule has 1 fully saturated rings. The molecule has 1 aliphatic rings. The third kappa shape index (κ3) is 10.6. The molecule has 0 saturated carbocycles. The van der Waals surface area contributed by atoms with Crippen molar-refractivity contribution in [1.29, 1.82) is 0 Å². The minimum atomic E-state index is -0.204. The van der Waals surface area contributed by atoms with Crippen LogP contribution in [0, 0.1) is 0 Å². The van der Waals surface area contributed by atoms with E-state index in [1.165, 1.54) is 12.5 Å². The van der Waals surface area contributed by atoms with Crippen LogP contribution in [-0.2, 0) is 20.9 Å². The van der Waals surface area contributed by atoms with Gasteiger partial charge in [-0.1, -0.05) is 25.3 Å². The summed E-state index contributed by atoms with van der Waals surface area (Å²) in [6.45, 7) is 9.91. The van der Waals surface area contributed by atoms with E-state index in [0.717, 1.165) is 88.0 Å². The van der Waals surface area contributed by atoms with E-state index in [9.17, 15) is 9.59 Å². The Labute approximate surface area is 205 Å². The van der Waals surface area contributed by atoms with Crippen molar-refractivity contribution in [3.05, 3.63) is 42.0 Å². The molecule has 186 valence electrons. The number of ether oxygens (including phenoxy) is 2. The van der Waals surface area contributed by atoms with Crippen LogP contribution < -0.4 is 17.1 Å². The second-order valence-electron chi connectivity index (χ2n) is 8.74. The summed E-state index contributed by atoms with van der Waals surface area (Å²) in [7, 11) is 1.69. The largest absolute Gasteiger partial charge is 1.00 e. The molecule has 2 rings (SSSR count). The number of esters is 1. The number of unbranched alkanes of at least 4 members (excludes halogenated alkanes) is 5. The number of nitrogens with zero attached hydrogens (tertiary/aromatic N) is 2. The van der Waals surface area contributed by atoms with E-state index in [2.05, 4.69) is 19.1 Å². The number of benzene rings is 1. The number of rotatable bonds is 13. The van der Waals surface area contributed by atoms with Crippen molar-refractivity contribution < 1.29 is 36.0 Å². The fourth-order valence-electron chi connectivity index (χ4n) is 4.21. The molecule has 0 unspecified atom stereocenters. The highest BCUT2D eigenvalue weighted by molar-refractivity contribution is 5.87. The number of hydrogen-bond acceptors (Lipinski definition) is 4. The summed E-state index contributed by atoms with van der Waals surface area (Å²) in [4.78, 5) is 25.3. The minimum absolute atomic E-state index is 0. The van der Waals surface area contributed by atoms with Crippen LogP contribution in [-0.4, -0.2) is 67.7 Å². The van der Waals surface area contributed by atoms with Crippen LogP contribution in [0.5, 0.6) is 5.75 Å². The number of methoxy groups -OCH3 is 1. The monoisotopic (exact) mass is 480 g/mol. The Kier molecular flexibility index (Phi) is 13.8. The Morgan fingerprint density at radius 1 is 1.03 bits per heavy atom. The van der Waals surface area contributed by atoms with Gasteiger partial charge in [-0.2, -0.15) is 0 Å². The first-order chi connectivity index (χ1) is 15.5. The highest BCUT2D eigenvalue weighted by atomic mass is 35.5. The molecule has 0 radical (unpaired) electrons. The maximum absolute atomic E-state index is 12.6. The number of halogens is 1. The van der Waals surface area contributed by atoms with Gasteiger partial charge in [-0.15, -0.1) is 0 Å². The van der Waals surface area contributed by atoms with Crippen LogP contribution in [0.1, 0.15) is 57.9 Å². The number of likely N-dealkylation sites (N-methyl/N-ethyl adjacent to an activating group) is 1. The summed E-state index contributed by atoms with van der Waals surface area (Å²) in [5.41, 5.74) is 1.32. The van der Waals surface area contributed by atoms with Crippen LogP contribution in [0.3, 0.4) is 0 Å². The summed E-state index contributed by atoms with van der Waals surface area (Å²) in [5, 5.41) is 0. The van der Waals surface area contributed by atoms with Gasteiger partial charge in [-0.25, -0.2) is 0 Å². The topological polar surface area (TPSA) is 55.8 Å². The molecular formula is C26H41ClN2O4. The second kappa shape index (κ2) is 15.7. The lowest BCUT2D eigenvalue weighted by Gasteiger charge is -2.44. The molecule has 0 spiro atoms. The number of hydrogen-bond donors (Lipinski definition) is 0. The molecule has 1 saturated heterocycles. The van der Waals surface area contributed by atoms with Crippen molar-refractivity contribution in [2.24, 2.45) is 0 Å². The van der Waals surface area contributed by atoms with Crippen molar-refractivity contribution in [3.63, 3.8) is 0 Å². The zero-order valence-corrected chi connectivity index (χ0v) is 21.3. The van der Waals surface area contributed by atoms with Crippen LogP contribution in [0.2, 0.25) is 0 Å². The first kappa shape index (κ1) is 29.0. The number of carbonyl (C=O) groups is 2. The Morgan fingerprint density at radius 2 is 1.67 bits per heavy atom. The van der Waals surface area contributed by atoms with Gasteiger partial charge in [0.15, 0.2) is 0 Å². The molecule has 1 aromatic rings. The first-order valence-corrected chi connectivity index (χ1v) is 12.0. The number of quaternary nitrogens is 1. The van der Waals surface area contributed by atoms with Crippen LogP contribution >= 0.6 is 0 Å². The average Bonchev–Trinajstić information content (AvgIpc) is 2.81. The fraction of sp³-hybridized carbons (Fsp3) is 0.615. The van der Waals surface area contributed by atoms with Gasteiger partial charge in [0.1, 0.15) is 12.3 Å². The average molecular weight is 481 g/mol. The molecule has 0 N–H and O–H groups in total. The van der Waals surface area contributed by atoms with E-state index < -0.39 is 0 Å². The first-order valence-electron chi connectivity index (χ1n) is 12.0. The Balaban J connectivity index is 0.00000544. The van der Waals surface area contributed by atoms with Crippen molar-refractivity contribution in [3.8, 4) is 5.75 Å². The van der Waals surface area contributed by atoms with Gasteiger partial charge in [0, 0.05) is 12.5 Å². The predicted octanol–water partition coefficient (Wildman–Crippen LogP) is 1.34. The number of allylic oxidation sites excluding steroid dienone is 1. The van der Waals surface area contributed by atoms with Crippen LogP contribution in [0.4, 0.5) is 0 Å². The third-order valence-electron chi connectivity index (χ3n) is 6.43. The van der Waals surface area contributed by atoms with Gasteiger partial charge in [0.25, 0.3) is 0 Å². The van der Waals surface area contributed by atoms with Crippen LogP contribution in [0.15, 0.2) is 36.4 Å². The van der Waals surface area contributed by atoms with E-state index in [1.807, 2.05) is 23.1 Å². The van der Waals surface area contributed by atoms with Crippen molar-refractivity contribution >= 4 is 11.9 Å². The summed E-state index contributed by atoms with van der Waals surface area (Å²) < 4.78 is 11.2. The van der Waals surface area contributed by atoms with Gasteiger partial charge in [0.05, 0.1) is 46.4 Å². The van der Waals surface area contributed by atoms with Gasteiger partial charge in [-0.3, -0.25) is 9.59 Å². The fourth-order valence-corrected chi connectivity index (χ4v) is 4.21. The lowest BCUT2D eigenvalue weighted by Crippen LogP contribution is -3.00. The van der Waals surface area contributed by atoms with Crippen molar-refractivity contribution in [2.75, 3.05) is 46.4 Å².